The fraction of sp³-hybridized carbons (Fsp3) is 0.214. The second-order valence-electron chi connectivity index (χ2n) is 4.35. The van der Waals surface area contributed by atoms with Crippen LogP contribution in [0.25, 0.3) is 0 Å². The third-order valence-electron chi connectivity index (χ3n) is 2.78. The smallest absolute Gasteiger partial charge is 0.307 e. The molecule has 0 radical (unpaired) electrons. The van der Waals surface area contributed by atoms with Gasteiger partial charge in [0.15, 0.2) is 0 Å². The number of hydrogen-bond donors (Lipinski definition) is 2. The van der Waals surface area contributed by atoms with E-state index in [0.29, 0.717) is 22.7 Å². The highest BCUT2D eigenvalue weighted by atomic mass is 35.5. The van der Waals surface area contributed by atoms with Crippen molar-refractivity contribution in [2.75, 3.05) is 5.32 Å². The van der Waals surface area contributed by atoms with Gasteiger partial charge in [-0.05, 0) is 23.8 Å². The minimum atomic E-state index is -0.895. The van der Waals surface area contributed by atoms with Gasteiger partial charge in [-0.1, -0.05) is 47.5 Å². The summed E-state index contributed by atoms with van der Waals surface area (Å²) in [6, 6.07) is 5.06. The van der Waals surface area contributed by atoms with Gasteiger partial charge in [-0.15, -0.1) is 0 Å². The quantitative estimate of drug-likeness (QED) is 0.656. The summed E-state index contributed by atoms with van der Waals surface area (Å²) < 4.78 is 0. The van der Waals surface area contributed by atoms with Crippen molar-refractivity contribution in [3.05, 3.63) is 53.1 Å². The predicted octanol–water partition coefficient (Wildman–Crippen LogP) is 3.83. The largest absolute Gasteiger partial charge is 0.481 e. The molecular weight excluding hydrogens is 285 g/mol. The molecule has 0 saturated heterocycles. The van der Waals surface area contributed by atoms with E-state index in [9.17, 15) is 4.79 Å². The Balaban J connectivity index is 2.27. The summed E-state index contributed by atoms with van der Waals surface area (Å²) in [5, 5.41) is 12.6. The molecule has 19 heavy (non-hydrogen) atoms. The molecule has 1 aliphatic carbocycles. The van der Waals surface area contributed by atoms with E-state index in [1.54, 1.807) is 18.2 Å². The van der Waals surface area contributed by atoms with Gasteiger partial charge >= 0.3 is 5.97 Å². The third-order valence-corrected chi connectivity index (χ3v) is 3.39. The molecule has 1 aliphatic rings. The van der Waals surface area contributed by atoms with E-state index in [1.807, 2.05) is 24.3 Å². The number of carbonyl (C=O) groups is 1. The third kappa shape index (κ3) is 3.75. The maximum atomic E-state index is 10.9. The van der Waals surface area contributed by atoms with Crippen LogP contribution in [0.1, 0.15) is 12.0 Å². The van der Waals surface area contributed by atoms with Crippen LogP contribution in [0.4, 0.5) is 5.69 Å². The van der Waals surface area contributed by atoms with Crippen LogP contribution in [0.3, 0.4) is 0 Å². The van der Waals surface area contributed by atoms with Crippen LogP contribution in [0.15, 0.2) is 42.5 Å². The van der Waals surface area contributed by atoms with Crippen LogP contribution in [-0.4, -0.2) is 16.1 Å². The summed E-state index contributed by atoms with van der Waals surface area (Å²) in [4.78, 5) is 10.1. The topological polar surface area (TPSA) is 49.3 Å². The van der Waals surface area contributed by atoms with Crippen molar-refractivity contribution in [1.29, 1.82) is 0 Å². The predicted molar refractivity (Wildman–Crippen MR) is 77.9 cm³/mol. The van der Waals surface area contributed by atoms with E-state index in [2.05, 4.69) is 5.32 Å². The van der Waals surface area contributed by atoms with Crippen molar-refractivity contribution in [3.63, 3.8) is 0 Å². The first-order chi connectivity index (χ1) is 8.98. The van der Waals surface area contributed by atoms with Gasteiger partial charge in [0.2, 0.25) is 0 Å². The van der Waals surface area contributed by atoms with E-state index in [0.717, 1.165) is 0 Å². The Kier molecular flexibility index (Phi) is 4.17. The Hall–Kier alpha value is -1.45. The van der Waals surface area contributed by atoms with Crippen LogP contribution >= 0.6 is 23.2 Å². The van der Waals surface area contributed by atoms with E-state index in [4.69, 9.17) is 28.3 Å². The first-order valence-corrected chi connectivity index (χ1v) is 6.56. The minimum Gasteiger partial charge on any atom is -0.481 e. The number of halogens is 2. The Morgan fingerprint density at radius 2 is 2.21 bits per heavy atom. The number of carboxylic acid groups (broad SMARTS) is 1. The van der Waals surface area contributed by atoms with Gasteiger partial charge in [-0.3, -0.25) is 4.79 Å². The first kappa shape index (κ1) is 14.0. The molecule has 3 nitrogen and oxygen atoms in total. The fourth-order valence-corrected chi connectivity index (χ4v) is 2.33. The molecule has 2 rings (SSSR count). The maximum absolute atomic E-state index is 10.9. The molecule has 1 unspecified atom stereocenters. The lowest BCUT2D eigenvalue weighted by atomic mass is 10.1. The summed E-state index contributed by atoms with van der Waals surface area (Å²) in [7, 11) is 0. The summed E-state index contributed by atoms with van der Waals surface area (Å²) in [6.07, 6.45) is 8.08. The Morgan fingerprint density at radius 3 is 2.84 bits per heavy atom. The normalized spacial score (nSPS) is 21.4. The molecule has 0 bridgehead atoms. The molecule has 1 aromatic carbocycles. The zero-order chi connectivity index (χ0) is 13.9. The van der Waals surface area contributed by atoms with Crippen LogP contribution in [-0.2, 0) is 11.2 Å². The molecule has 5 heteroatoms. The van der Waals surface area contributed by atoms with Crippen LogP contribution < -0.4 is 5.32 Å². The fourth-order valence-electron chi connectivity index (χ4n) is 1.89. The average Bonchev–Trinajstić information content (AvgIpc) is 2.33. The lowest BCUT2D eigenvalue weighted by Gasteiger charge is -2.27. The summed E-state index contributed by atoms with van der Waals surface area (Å²) in [6.45, 7) is 0. The maximum Gasteiger partial charge on any atom is 0.307 e. The van der Waals surface area contributed by atoms with E-state index in [-0.39, 0.29) is 6.42 Å². The highest BCUT2D eigenvalue weighted by molar-refractivity contribution is 6.31. The lowest BCUT2D eigenvalue weighted by molar-refractivity contribution is -0.136. The number of anilines is 1. The Bertz CT molecular complexity index is 554. The molecule has 0 fully saturated rings. The lowest BCUT2D eigenvalue weighted by Crippen LogP contribution is -2.30. The average molecular weight is 298 g/mol. The van der Waals surface area contributed by atoms with Crippen molar-refractivity contribution in [2.24, 2.45) is 0 Å². The van der Waals surface area contributed by atoms with Gasteiger partial charge < -0.3 is 10.4 Å². The molecule has 0 aromatic heterocycles. The van der Waals surface area contributed by atoms with Crippen molar-refractivity contribution in [1.82, 2.24) is 0 Å². The van der Waals surface area contributed by atoms with Crippen LogP contribution in [0.2, 0.25) is 5.02 Å². The van der Waals surface area contributed by atoms with Crippen LogP contribution in [0.5, 0.6) is 0 Å². The van der Waals surface area contributed by atoms with Crippen molar-refractivity contribution in [2.45, 2.75) is 17.8 Å². The summed E-state index contributed by atoms with van der Waals surface area (Å²) >= 11 is 12.4. The van der Waals surface area contributed by atoms with Crippen molar-refractivity contribution < 1.29 is 9.90 Å². The number of allylic oxidation sites excluding steroid dienone is 2. The Labute approximate surface area is 121 Å². The number of nitrogens with one attached hydrogen (secondary N) is 1. The number of aliphatic carboxylic acids is 1. The zero-order valence-electron chi connectivity index (χ0n) is 10.1. The molecule has 0 heterocycles. The van der Waals surface area contributed by atoms with Gasteiger partial charge in [0.05, 0.1) is 6.42 Å². The second kappa shape index (κ2) is 5.68. The highest BCUT2D eigenvalue weighted by Crippen LogP contribution is 2.31. The molecule has 0 saturated carbocycles. The SMILES string of the molecule is O=C(O)Cc1ccc(Cl)cc1NC1(Cl)C=CC=CC1. The number of rotatable bonds is 4. The number of alkyl halides is 1. The molecule has 1 aromatic rings. The number of hydrogen-bond acceptors (Lipinski definition) is 2. The van der Waals surface area contributed by atoms with E-state index < -0.39 is 11.0 Å². The molecule has 2 N–H and O–H groups in total. The summed E-state index contributed by atoms with van der Waals surface area (Å²) in [5.74, 6) is -0.895. The number of benzene rings is 1. The molecular formula is C14H13Cl2NO2. The van der Waals surface area contributed by atoms with E-state index >= 15 is 0 Å². The van der Waals surface area contributed by atoms with E-state index in [1.165, 1.54) is 0 Å². The van der Waals surface area contributed by atoms with Gasteiger partial charge in [0.25, 0.3) is 0 Å². The molecule has 0 spiro atoms. The van der Waals surface area contributed by atoms with Gasteiger partial charge in [-0.25, -0.2) is 0 Å². The monoisotopic (exact) mass is 297 g/mol. The highest BCUT2D eigenvalue weighted by Gasteiger charge is 2.24. The molecule has 1 atom stereocenters. The second-order valence-corrected chi connectivity index (χ2v) is 5.46. The summed E-state index contributed by atoms with van der Waals surface area (Å²) in [5.41, 5.74) is 1.30. The molecule has 0 amide bonds. The van der Waals surface area contributed by atoms with Crippen molar-refractivity contribution >= 4 is 34.9 Å². The van der Waals surface area contributed by atoms with Gasteiger partial charge in [0.1, 0.15) is 5.00 Å². The first-order valence-electron chi connectivity index (χ1n) is 5.80. The zero-order valence-corrected chi connectivity index (χ0v) is 11.6. The molecule has 100 valence electrons. The standard InChI is InChI=1S/C14H13Cl2NO2/c15-11-5-4-10(8-13(18)19)12(9-11)17-14(16)6-2-1-3-7-14/h1-6,9,17H,7-8H2,(H,18,19). The number of carboxylic acids is 1. The van der Waals surface area contributed by atoms with Crippen LogP contribution in [0, 0.1) is 0 Å². The molecule has 0 aliphatic heterocycles. The Morgan fingerprint density at radius 1 is 1.42 bits per heavy atom. The van der Waals surface area contributed by atoms with Gasteiger partial charge in [0, 0.05) is 17.1 Å². The van der Waals surface area contributed by atoms with Gasteiger partial charge in [-0.2, -0.15) is 0 Å². The minimum absolute atomic E-state index is 0.0774. The van der Waals surface area contributed by atoms with Crippen molar-refractivity contribution in [3.8, 4) is 0 Å².